The molecule has 6 rings (SSSR count). The zero-order chi connectivity index (χ0) is 33.5. The van der Waals surface area contributed by atoms with E-state index in [1.165, 1.54) is 87.6 Å². The minimum Gasteiger partial charge on any atom is -0.322 e. The number of aliphatic imine (C=N–C) groups is 1. The first kappa shape index (κ1) is 33.3. The fourth-order valence-electron chi connectivity index (χ4n) is 8.51. The van der Waals surface area contributed by atoms with E-state index in [1.807, 2.05) is 6.21 Å². The lowest BCUT2D eigenvalue weighted by molar-refractivity contribution is -0.110. The summed E-state index contributed by atoms with van der Waals surface area (Å²) in [6.45, 7) is 15.6. The van der Waals surface area contributed by atoms with Gasteiger partial charge in [0, 0.05) is 29.0 Å². The van der Waals surface area contributed by atoms with Crippen molar-refractivity contribution in [1.29, 1.82) is 0 Å². The molecular weight excluding hydrogens is 572 g/mol. The van der Waals surface area contributed by atoms with Gasteiger partial charge in [0.25, 0.3) is 0 Å². The molecule has 3 heteroatoms. The number of carbonyl (C=O) groups is 1. The van der Waals surface area contributed by atoms with Crippen LogP contribution in [0.4, 0.5) is 5.69 Å². The summed E-state index contributed by atoms with van der Waals surface area (Å²) in [5.41, 5.74) is 21.8. The van der Waals surface area contributed by atoms with Crippen molar-refractivity contribution in [3.8, 4) is 11.1 Å². The summed E-state index contributed by atoms with van der Waals surface area (Å²) < 4.78 is 0. The van der Waals surface area contributed by atoms with Crippen LogP contribution in [0, 0.1) is 11.8 Å². The third-order valence-corrected chi connectivity index (χ3v) is 11.6. The largest absolute Gasteiger partial charge is 0.322 e. The lowest BCUT2D eigenvalue weighted by atomic mass is 9.73. The number of aldehydes is 1. The van der Waals surface area contributed by atoms with Crippen LogP contribution in [0.1, 0.15) is 139 Å². The predicted molar refractivity (Wildman–Crippen MR) is 200 cm³/mol. The van der Waals surface area contributed by atoms with Gasteiger partial charge in [0.05, 0.1) is 5.69 Å². The first-order valence-corrected chi connectivity index (χ1v) is 18.2. The third-order valence-electron chi connectivity index (χ3n) is 11.6. The molecule has 0 amide bonds. The maximum Gasteiger partial charge on any atom is 0.127 e. The lowest BCUT2D eigenvalue weighted by Gasteiger charge is -2.30. The summed E-state index contributed by atoms with van der Waals surface area (Å²) in [7, 11) is 0. The van der Waals surface area contributed by atoms with Crippen molar-refractivity contribution in [2.24, 2.45) is 22.6 Å². The highest BCUT2D eigenvalue weighted by molar-refractivity contribution is 5.89. The van der Waals surface area contributed by atoms with E-state index >= 15 is 0 Å². The van der Waals surface area contributed by atoms with Crippen LogP contribution < -0.4 is 5.73 Å². The van der Waals surface area contributed by atoms with E-state index in [2.05, 4.69) is 109 Å². The van der Waals surface area contributed by atoms with Crippen molar-refractivity contribution in [3.05, 3.63) is 105 Å². The topological polar surface area (TPSA) is 55.5 Å². The molecule has 3 aromatic rings. The highest BCUT2D eigenvalue weighted by atomic mass is 16.1. The standard InChI is InChI=1S/C44H54N2O/c1-8-10-11-12-21-44(7)41-22-30(14-18-37(41)36-17-13-28(3)38(25-42(36)44)31(9-2)27-47)26-46-33-16-20-35-34-19-15-32(43(5,6)45)23-39(34)29(4)40(35)24-33/h14-16,18-20,22-29,31H,8-13,17,21,45H2,1-7H3. The smallest absolute Gasteiger partial charge is 0.127 e. The zero-order valence-corrected chi connectivity index (χ0v) is 29.7. The van der Waals surface area contributed by atoms with Gasteiger partial charge in [0.2, 0.25) is 0 Å². The van der Waals surface area contributed by atoms with Crippen molar-refractivity contribution in [1.82, 2.24) is 0 Å². The molecule has 0 heterocycles. The molecule has 3 aliphatic carbocycles. The van der Waals surface area contributed by atoms with E-state index in [4.69, 9.17) is 10.7 Å². The number of fused-ring (bicyclic) bond motifs is 5. The van der Waals surface area contributed by atoms with Crippen LogP contribution >= 0.6 is 0 Å². The maximum absolute atomic E-state index is 12.2. The van der Waals surface area contributed by atoms with Gasteiger partial charge in [0.15, 0.2) is 0 Å². The lowest BCUT2D eigenvalue weighted by Crippen LogP contribution is -2.28. The number of allylic oxidation sites excluding steroid dienone is 4. The van der Waals surface area contributed by atoms with Gasteiger partial charge in [-0.1, -0.05) is 108 Å². The number of carbonyl (C=O) groups excluding carboxylic acids is 1. The summed E-state index contributed by atoms with van der Waals surface area (Å²) >= 11 is 0. The van der Waals surface area contributed by atoms with Crippen molar-refractivity contribution in [2.45, 2.75) is 117 Å². The van der Waals surface area contributed by atoms with E-state index in [-0.39, 0.29) is 16.9 Å². The first-order valence-electron chi connectivity index (χ1n) is 18.2. The van der Waals surface area contributed by atoms with E-state index in [0.717, 1.165) is 36.9 Å². The van der Waals surface area contributed by atoms with Gasteiger partial charge in [0.1, 0.15) is 6.29 Å². The Labute approximate surface area is 283 Å². The Kier molecular flexibility index (Phi) is 9.33. The van der Waals surface area contributed by atoms with Gasteiger partial charge < -0.3 is 10.5 Å². The van der Waals surface area contributed by atoms with Crippen LogP contribution in [0.3, 0.4) is 0 Å². The average Bonchev–Trinajstić information content (AvgIpc) is 3.38. The fraction of sp³-hybridized carbons (Fsp3) is 0.455. The molecule has 2 N–H and O–H groups in total. The van der Waals surface area contributed by atoms with E-state index in [0.29, 0.717) is 11.8 Å². The molecular formula is C44H54N2O. The number of benzene rings is 3. The molecule has 0 radical (unpaired) electrons. The normalized spacial score (nSPS) is 22.4. The number of nitrogens with zero attached hydrogens (tertiary/aromatic N) is 1. The quantitative estimate of drug-likeness (QED) is 0.131. The van der Waals surface area contributed by atoms with Gasteiger partial charge in [-0.05, 0) is 119 Å². The van der Waals surface area contributed by atoms with E-state index < -0.39 is 0 Å². The fourth-order valence-corrected chi connectivity index (χ4v) is 8.51. The van der Waals surface area contributed by atoms with Gasteiger partial charge in [-0.2, -0.15) is 0 Å². The number of hydrogen-bond acceptors (Lipinski definition) is 3. The maximum atomic E-state index is 12.2. The minimum atomic E-state index is -0.362. The van der Waals surface area contributed by atoms with Crippen LogP contribution in [0.5, 0.6) is 0 Å². The summed E-state index contributed by atoms with van der Waals surface area (Å²) in [6.07, 6.45) is 14.8. The Morgan fingerprint density at radius 3 is 2.38 bits per heavy atom. The van der Waals surface area contributed by atoms with Gasteiger partial charge in [-0.15, -0.1) is 0 Å². The Morgan fingerprint density at radius 1 is 0.957 bits per heavy atom. The Bertz CT molecular complexity index is 1770. The van der Waals surface area contributed by atoms with Crippen LogP contribution in [-0.2, 0) is 15.7 Å². The number of hydrogen-bond donors (Lipinski definition) is 1. The molecule has 4 atom stereocenters. The van der Waals surface area contributed by atoms with Crippen molar-refractivity contribution < 1.29 is 4.79 Å². The second kappa shape index (κ2) is 13.2. The predicted octanol–water partition coefficient (Wildman–Crippen LogP) is 11.3. The van der Waals surface area contributed by atoms with Crippen LogP contribution in [0.15, 0.2) is 76.8 Å². The minimum absolute atomic E-state index is 0.00462. The number of rotatable bonds is 11. The summed E-state index contributed by atoms with van der Waals surface area (Å²) in [6, 6.07) is 20.4. The van der Waals surface area contributed by atoms with Gasteiger partial charge in [-0.3, -0.25) is 4.99 Å². The van der Waals surface area contributed by atoms with Crippen molar-refractivity contribution in [3.63, 3.8) is 0 Å². The molecule has 246 valence electrons. The van der Waals surface area contributed by atoms with Crippen LogP contribution in [0.2, 0.25) is 0 Å². The van der Waals surface area contributed by atoms with Gasteiger partial charge >= 0.3 is 0 Å². The molecule has 47 heavy (non-hydrogen) atoms. The van der Waals surface area contributed by atoms with Crippen LogP contribution in [-0.4, -0.2) is 12.5 Å². The monoisotopic (exact) mass is 626 g/mol. The molecule has 3 aliphatic rings. The SMILES string of the molecule is CCCCCCC1(C)C2=C(CCC(C)C(C(C=O)CC)=C2)c2ccc(C=Nc3ccc4c(c3)C(C)c3cc(C(C)(C)N)ccc3-4)cc21. The highest BCUT2D eigenvalue weighted by Crippen LogP contribution is 2.54. The van der Waals surface area contributed by atoms with Crippen LogP contribution in [0.25, 0.3) is 16.7 Å². The summed E-state index contributed by atoms with van der Waals surface area (Å²) in [5, 5.41) is 0. The Morgan fingerprint density at radius 2 is 1.68 bits per heavy atom. The second-order valence-electron chi connectivity index (χ2n) is 15.4. The van der Waals surface area contributed by atoms with E-state index in [9.17, 15) is 4.79 Å². The summed E-state index contributed by atoms with van der Waals surface area (Å²) in [4.78, 5) is 17.2. The summed E-state index contributed by atoms with van der Waals surface area (Å²) in [5.74, 6) is 0.733. The van der Waals surface area contributed by atoms with Gasteiger partial charge in [-0.25, -0.2) is 0 Å². The molecule has 4 unspecified atom stereocenters. The molecule has 0 aliphatic heterocycles. The highest BCUT2D eigenvalue weighted by Gasteiger charge is 2.41. The molecule has 0 fully saturated rings. The molecule has 0 aromatic heterocycles. The Hall–Kier alpha value is -3.56. The molecule has 0 bridgehead atoms. The number of nitrogens with two attached hydrogens (primary N) is 1. The Balaban J connectivity index is 1.32. The second-order valence-corrected chi connectivity index (χ2v) is 15.4. The molecule has 3 aromatic carbocycles. The molecule has 3 nitrogen and oxygen atoms in total. The molecule has 0 saturated carbocycles. The van der Waals surface area contributed by atoms with Crippen molar-refractivity contribution >= 4 is 23.8 Å². The zero-order valence-electron chi connectivity index (χ0n) is 29.7. The van der Waals surface area contributed by atoms with Crippen molar-refractivity contribution in [2.75, 3.05) is 0 Å². The molecule has 0 saturated heterocycles. The van der Waals surface area contributed by atoms with E-state index in [1.54, 1.807) is 0 Å². The number of unbranched alkanes of at least 4 members (excludes halogenated alkanes) is 3. The first-order chi connectivity index (χ1) is 22.5. The average molecular weight is 627 g/mol. The molecule has 0 spiro atoms. The third kappa shape index (κ3) is 6.13.